The first kappa shape index (κ1) is 15.4. The zero-order valence-electron chi connectivity index (χ0n) is 11.8. The van der Waals surface area contributed by atoms with Crippen LogP contribution in [0.4, 0.5) is 0 Å². The lowest BCUT2D eigenvalue weighted by molar-refractivity contribution is -0.128. The Bertz CT molecular complexity index is 277. The number of rotatable bonds is 4. The molecule has 1 unspecified atom stereocenters. The molecule has 0 heterocycles. The van der Waals surface area contributed by atoms with Crippen LogP contribution in [0, 0.1) is 5.41 Å². The van der Waals surface area contributed by atoms with E-state index in [1.807, 2.05) is 20.8 Å². The SMILES string of the molecule is CC(C)(C)C(O)CNC(=O)CC1(O)CCCCC1. The molecule has 4 heteroatoms. The van der Waals surface area contributed by atoms with Crippen molar-refractivity contribution >= 4 is 5.91 Å². The number of carbonyl (C=O) groups excluding carboxylic acids is 1. The second kappa shape index (κ2) is 6.02. The molecule has 0 aromatic rings. The summed E-state index contributed by atoms with van der Waals surface area (Å²) < 4.78 is 0. The van der Waals surface area contributed by atoms with Gasteiger partial charge in [0.1, 0.15) is 0 Å². The van der Waals surface area contributed by atoms with E-state index >= 15 is 0 Å². The van der Waals surface area contributed by atoms with Crippen molar-refractivity contribution in [1.82, 2.24) is 5.32 Å². The van der Waals surface area contributed by atoms with Crippen LogP contribution in [-0.4, -0.2) is 34.4 Å². The third-order valence-corrected chi connectivity index (χ3v) is 3.77. The van der Waals surface area contributed by atoms with E-state index in [0.717, 1.165) is 19.3 Å². The van der Waals surface area contributed by atoms with E-state index < -0.39 is 11.7 Å². The van der Waals surface area contributed by atoms with E-state index in [0.29, 0.717) is 12.8 Å². The first-order valence-electron chi connectivity index (χ1n) is 6.90. The van der Waals surface area contributed by atoms with Crippen molar-refractivity contribution in [2.75, 3.05) is 6.54 Å². The van der Waals surface area contributed by atoms with Gasteiger partial charge in [-0.3, -0.25) is 4.79 Å². The highest BCUT2D eigenvalue weighted by Gasteiger charge is 2.32. The summed E-state index contributed by atoms with van der Waals surface area (Å²) in [5, 5.41) is 22.8. The first-order valence-corrected chi connectivity index (χ1v) is 6.90. The summed E-state index contributed by atoms with van der Waals surface area (Å²) in [5.74, 6) is -0.164. The van der Waals surface area contributed by atoms with Crippen molar-refractivity contribution in [1.29, 1.82) is 0 Å². The maximum Gasteiger partial charge on any atom is 0.222 e. The van der Waals surface area contributed by atoms with Crippen molar-refractivity contribution in [3.63, 3.8) is 0 Å². The highest BCUT2D eigenvalue weighted by molar-refractivity contribution is 5.77. The molecule has 0 bridgehead atoms. The van der Waals surface area contributed by atoms with Crippen LogP contribution < -0.4 is 5.32 Å². The number of aliphatic hydroxyl groups is 2. The summed E-state index contributed by atoms with van der Waals surface area (Å²) in [5.41, 5.74) is -1.07. The van der Waals surface area contributed by atoms with Gasteiger partial charge in [0.25, 0.3) is 0 Å². The molecule has 1 fully saturated rings. The molecule has 3 N–H and O–H groups in total. The van der Waals surface area contributed by atoms with Gasteiger partial charge in [0.05, 0.1) is 18.1 Å². The Labute approximate surface area is 110 Å². The topological polar surface area (TPSA) is 69.6 Å². The molecule has 0 aromatic carbocycles. The molecule has 0 saturated heterocycles. The summed E-state index contributed by atoms with van der Waals surface area (Å²) in [4.78, 5) is 11.8. The standard InChI is InChI=1S/C14H27NO3/c1-13(2,3)11(16)10-15-12(17)9-14(18)7-5-4-6-8-14/h11,16,18H,4-10H2,1-3H3,(H,15,17). The number of hydrogen-bond donors (Lipinski definition) is 3. The fourth-order valence-electron chi connectivity index (χ4n) is 2.26. The number of amides is 1. The van der Waals surface area contributed by atoms with Crippen molar-refractivity contribution in [3.8, 4) is 0 Å². The van der Waals surface area contributed by atoms with Crippen LogP contribution in [0.3, 0.4) is 0 Å². The third-order valence-electron chi connectivity index (χ3n) is 3.77. The molecule has 1 amide bonds. The first-order chi connectivity index (χ1) is 8.23. The third kappa shape index (κ3) is 4.94. The Morgan fingerprint density at radius 1 is 1.28 bits per heavy atom. The van der Waals surface area contributed by atoms with Gasteiger partial charge in [-0.05, 0) is 18.3 Å². The average Bonchev–Trinajstić information content (AvgIpc) is 2.24. The van der Waals surface area contributed by atoms with Gasteiger partial charge in [-0.1, -0.05) is 40.0 Å². The molecule has 1 aliphatic carbocycles. The van der Waals surface area contributed by atoms with Crippen LogP contribution in [0.15, 0.2) is 0 Å². The van der Waals surface area contributed by atoms with Gasteiger partial charge in [0.15, 0.2) is 0 Å². The minimum Gasteiger partial charge on any atom is -0.391 e. The molecule has 18 heavy (non-hydrogen) atoms. The molecule has 1 aliphatic rings. The molecular weight excluding hydrogens is 230 g/mol. The Kier molecular flexibility index (Phi) is 5.17. The van der Waals surface area contributed by atoms with Crippen LogP contribution in [0.1, 0.15) is 59.3 Å². The Morgan fingerprint density at radius 2 is 1.83 bits per heavy atom. The molecule has 0 aromatic heterocycles. The Morgan fingerprint density at radius 3 is 2.33 bits per heavy atom. The van der Waals surface area contributed by atoms with Gasteiger partial charge in [-0.25, -0.2) is 0 Å². The zero-order valence-corrected chi connectivity index (χ0v) is 11.8. The van der Waals surface area contributed by atoms with Crippen molar-refractivity contribution < 1.29 is 15.0 Å². The Balaban J connectivity index is 2.33. The highest BCUT2D eigenvalue weighted by atomic mass is 16.3. The van der Waals surface area contributed by atoms with Crippen LogP contribution in [0.5, 0.6) is 0 Å². The number of carbonyl (C=O) groups is 1. The van der Waals surface area contributed by atoms with Crippen molar-refractivity contribution in [2.24, 2.45) is 5.41 Å². The molecular formula is C14H27NO3. The van der Waals surface area contributed by atoms with Gasteiger partial charge in [-0.2, -0.15) is 0 Å². The van der Waals surface area contributed by atoms with Gasteiger partial charge < -0.3 is 15.5 Å². The van der Waals surface area contributed by atoms with Gasteiger partial charge >= 0.3 is 0 Å². The highest BCUT2D eigenvalue weighted by Crippen LogP contribution is 2.30. The lowest BCUT2D eigenvalue weighted by Gasteiger charge is -2.32. The van der Waals surface area contributed by atoms with E-state index in [1.165, 1.54) is 0 Å². The van der Waals surface area contributed by atoms with E-state index in [-0.39, 0.29) is 24.3 Å². The van der Waals surface area contributed by atoms with Crippen LogP contribution in [-0.2, 0) is 4.79 Å². The fraction of sp³-hybridized carbons (Fsp3) is 0.929. The summed E-state index contributed by atoms with van der Waals surface area (Å²) in [6, 6.07) is 0. The maximum atomic E-state index is 11.8. The molecule has 0 spiro atoms. The van der Waals surface area contributed by atoms with Crippen molar-refractivity contribution in [2.45, 2.75) is 71.0 Å². The lowest BCUT2D eigenvalue weighted by atomic mass is 9.82. The summed E-state index contributed by atoms with van der Waals surface area (Å²) in [6.07, 6.45) is 4.14. The molecule has 1 atom stereocenters. The normalized spacial score (nSPS) is 21.4. The number of hydrogen-bond acceptors (Lipinski definition) is 3. The van der Waals surface area contributed by atoms with Crippen molar-refractivity contribution in [3.05, 3.63) is 0 Å². The van der Waals surface area contributed by atoms with E-state index in [4.69, 9.17) is 0 Å². The minimum atomic E-state index is -0.824. The minimum absolute atomic E-state index is 0.157. The predicted molar refractivity (Wildman–Crippen MR) is 71.1 cm³/mol. The van der Waals surface area contributed by atoms with Crippen LogP contribution in [0.2, 0.25) is 0 Å². The number of nitrogens with one attached hydrogen (secondary N) is 1. The quantitative estimate of drug-likeness (QED) is 0.716. The largest absolute Gasteiger partial charge is 0.391 e. The molecule has 106 valence electrons. The second-order valence-corrected chi connectivity index (χ2v) is 6.65. The predicted octanol–water partition coefficient (Wildman–Crippen LogP) is 1.59. The molecule has 0 radical (unpaired) electrons. The van der Waals surface area contributed by atoms with Gasteiger partial charge in [0, 0.05) is 6.54 Å². The van der Waals surface area contributed by atoms with Gasteiger partial charge in [-0.15, -0.1) is 0 Å². The summed E-state index contributed by atoms with van der Waals surface area (Å²) in [6.45, 7) is 6.04. The molecule has 4 nitrogen and oxygen atoms in total. The van der Waals surface area contributed by atoms with Gasteiger partial charge in [0.2, 0.25) is 5.91 Å². The molecule has 1 rings (SSSR count). The van der Waals surface area contributed by atoms with E-state index in [9.17, 15) is 15.0 Å². The second-order valence-electron chi connectivity index (χ2n) is 6.65. The van der Waals surface area contributed by atoms with Crippen LogP contribution >= 0.6 is 0 Å². The Hall–Kier alpha value is -0.610. The van der Waals surface area contributed by atoms with Crippen LogP contribution in [0.25, 0.3) is 0 Å². The average molecular weight is 257 g/mol. The summed E-state index contributed by atoms with van der Waals surface area (Å²) in [7, 11) is 0. The number of aliphatic hydroxyl groups excluding tert-OH is 1. The van der Waals surface area contributed by atoms with E-state index in [2.05, 4.69) is 5.32 Å². The molecule has 0 aliphatic heterocycles. The fourth-order valence-corrected chi connectivity index (χ4v) is 2.26. The lowest BCUT2D eigenvalue weighted by Crippen LogP contribution is -2.43. The smallest absolute Gasteiger partial charge is 0.222 e. The van der Waals surface area contributed by atoms with E-state index in [1.54, 1.807) is 0 Å². The molecule has 1 saturated carbocycles. The monoisotopic (exact) mass is 257 g/mol. The summed E-state index contributed by atoms with van der Waals surface area (Å²) >= 11 is 0. The zero-order chi connectivity index (χ0) is 13.8. The maximum absolute atomic E-state index is 11.8.